The topological polar surface area (TPSA) is 33.2 Å². The molecule has 0 N–H and O–H groups in total. The third kappa shape index (κ3) is 3.98. The smallest absolute Gasteiger partial charge is 0.186 e. The molecule has 100 valence electrons. The van der Waals surface area contributed by atoms with Crippen LogP contribution in [-0.2, 0) is 13.0 Å². The van der Waals surface area contributed by atoms with Gasteiger partial charge in [-0.2, -0.15) is 0 Å². The number of Topliss-reactive ketones (excluding diaryl/α,β-unsaturated/α-hetero) is 1. The number of thiophene rings is 1. The number of carbonyl (C=O) groups is 1. The van der Waals surface area contributed by atoms with Crippen molar-refractivity contribution in [3.8, 4) is 0 Å². The predicted molar refractivity (Wildman–Crippen MR) is 78.6 cm³/mol. The molecule has 0 saturated heterocycles. The Labute approximate surface area is 117 Å². The largest absolute Gasteiger partial charge is 0.293 e. The van der Waals surface area contributed by atoms with Gasteiger partial charge in [0.1, 0.15) is 0 Å². The Morgan fingerprint density at radius 2 is 2.16 bits per heavy atom. The van der Waals surface area contributed by atoms with E-state index in [4.69, 9.17) is 0 Å². The SMILES string of the molecule is CCc1ccc(C(=O)CN(C)Cc2ccccn2)s1. The highest BCUT2D eigenvalue weighted by Gasteiger charge is 2.12. The fourth-order valence-corrected chi connectivity index (χ4v) is 2.74. The van der Waals surface area contributed by atoms with Gasteiger partial charge in [-0.05, 0) is 37.7 Å². The van der Waals surface area contributed by atoms with Gasteiger partial charge in [0.25, 0.3) is 0 Å². The molecule has 0 saturated carbocycles. The Balaban J connectivity index is 1.91. The van der Waals surface area contributed by atoms with E-state index in [0.717, 1.165) is 17.0 Å². The summed E-state index contributed by atoms with van der Waals surface area (Å²) >= 11 is 1.60. The van der Waals surface area contributed by atoms with E-state index < -0.39 is 0 Å². The zero-order valence-corrected chi connectivity index (χ0v) is 12.1. The molecule has 0 aromatic carbocycles. The van der Waals surface area contributed by atoms with Crippen molar-refractivity contribution >= 4 is 17.1 Å². The van der Waals surface area contributed by atoms with Crippen LogP contribution < -0.4 is 0 Å². The van der Waals surface area contributed by atoms with Crippen LogP contribution in [0.2, 0.25) is 0 Å². The van der Waals surface area contributed by atoms with Crippen molar-refractivity contribution in [1.82, 2.24) is 9.88 Å². The standard InChI is InChI=1S/C15H18N2OS/c1-3-13-7-8-15(19-13)14(18)11-17(2)10-12-6-4-5-9-16-12/h4-9H,3,10-11H2,1-2H3. The Morgan fingerprint density at radius 3 is 2.79 bits per heavy atom. The van der Waals surface area contributed by atoms with Crippen molar-refractivity contribution in [2.45, 2.75) is 19.9 Å². The lowest BCUT2D eigenvalue weighted by atomic mass is 10.2. The first-order chi connectivity index (χ1) is 9.19. The summed E-state index contributed by atoms with van der Waals surface area (Å²) < 4.78 is 0. The second-order valence-corrected chi connectivity index (χ2v) is 5.70. The number of pyridine rings is 1. The van der Waals surface area contributed by atoms with Gasteiger partial charge in [-0.15, -0.1) is 11.3 Å². The van der Waals surface area contributed by atoms with E-state index in [1.54, 1.807) is 17.5 Å². The molecule has 0 aliphatic rings. The predicted octanol–water partition coefficient (Wildman–Crippen LogP) is 3.02. The monoisotopic (exact) mass is 274 g/mol. The summed E-state index contributed by atoms with van der Waals surface area (Å²) in [6.07, 6.45) is 2.76. The summed E-state index contributed by atoms with van der Waals surface area (Å²) in [6.45, 7) is 3.23. The van der Waals surface area contributed by atoms with Crippen LogP contribution in [0.5, 0.6) is 0 Å². The average molecular weight is 274 g/mol. The molecule has 0 bridgehead atoms. The fourth-order valence-electron chi connectivity index (χ4n) is 1.86. The van der Waals surface area contributed by atoms with Crippen molar-refractivity contribution in [3.05, 3.63) is 52.0 Å². The number of hydrogen-bond donors (Lipinski definition) is 0. The zero-order chi connectivity index (χ0) is 13.7. The van der Waals surface area contributed by atoms with Crippen LogP contribution >= 0.6 is 11.3 Å². The number of ketones is 1. The highest BCUT2D eigenvalue weighted by atomic mass is 32.1. The Kier molecular flexibility index (Phi) is 4.82. The van der Waals surface area contributed by atoms with Crippen molar-refractivity contribution in [1.29, 1.82) is 0 Å². The molecule has 0 unspecified atom stereocenters. The molecule has 2 aromatic heterocycles. The third-order valence-corrected chi connectivity index (χ3v) is 4.13. The lowest BCUT2D eigenvalue weighted by molar-refractivity contribution is 0.0946. The number of hydrogen-bond acceptors (Lipinski definition) is 4. The van der Waals surface area contributed by atoms with Crippen molar-refractivity contribution in [3.63, 3.8) is 0 Å². The molecule has 19 heavy (non-hydrogen) atoms. The van der Waals surface area contributed by atoms with Gasteiger partial charge in [-0.3, -0.25) is 14.7 Å². The lowest BCUT2D eigenvalue weighted by Crippen LogP contribution is -2.25. The first-order valence-corrected chi connectivity index (χ1v) is 7.21. The molecular formula is C15H18N2OS. The molecule has 2 rings (SSSR count). The number of carbonyl (C=O) groups excluding carboxylic acids is 1. The zero-order valence-electron chi connectivity index (χ0n) is 11.3. The number of aryl methyl sites for hydroxylation is 1. The summed E-state index contributed by atoms with van der Waals surface area (Å²) in [5, 5.41) is 0. The van der Waals surface area contributed by atoms with Gasteiger partial charge in [-0.25, -0.2) is 0 Å². The Bertz CT molecular complexity index is 536. The first kappa shape index (κ1) is 13.9. The molecule has 2 heterocycles. The Morgan fingerprint density at radius 1 is 1.32 bits per heavy atom. The summed E-state index contributed by atoms with van der Waals surface area (Å²) in [5.41, 5.74) is 0.984. The van der Waals surface area contributed by atoms with Gasteiger partial charge >= 0.3 is 0 Å². The summed E-state index contributed by atoms with van der Waals surface area (Å²) in [5.74, 6) is 0.183. The van der Waals surface area contributed by atoms with Crippen LogP contribution in [0.1, 0.15) is 27.2 Å². The van der Waals surface area contributed by atoms with E-state index in [2.05, 4.69) is 11.9 Å². The van der Waals surface area contributed by atoms with E-state index in [0.29, 0.717) is 13.1 Å². The average Bonchev–Trinajstić information content (AvgIpc) is 2.88. The van der Waals surface area contributed by atoms with Gasteiger partial charge in [0.15, 0.2) is 5.78 Å². The molecule has 0 fully saturated rings. The van der Waals surface area contributed by atoms with Crippen LogP contribution in [0.15, 0.2) is 36.5 Å². The van der Waals surface area contributed by atoms with E-state index in [9.17, 15) is 4.79 Å². The van der Waals surface area contributed by atoms with Crippen LogP contribution in [0, 0.1) is 0 Å². The highest BCUT2D eigenvalue weighted by Crippen LogP contribution is 2.17. The van der Waals surface area contributed by atoms with E-state index in [1.807, 2.05) is 42.3 Å². The normalized spacial score (nSPS) is 10.9. The van der Waals surface area contributed by atoms with Crippen molar-refractivity contribution in [2.75, 3.05) is 13.6 Å². The van der Waals surface area contributed by atoms with Crippen LogP contribution in [-0.4, -0.2) is 29.3 Å². The number of likely N-dealkylation sites (N-methyl/N-ethyl adjacent to an activating group) is 1. The maximum atomic E-state index is 12.1. The summed E-state index contributed by atoms with van der Waals surface area (Å²) in [6, 6.07) is 9.80. The second-order valence-electron chi connectivity index (χ2n) is 4.54. The van der Waals surface area contributed by atoms with Gasteiger partial charge < -0.3 is 0 Å². The van der Waals surface area contributed by atoms with E-state index >= 15 is 0 Å². The molecule has 0 aliphatic carbocycles. The molecule has 0 atom stereocenters. The fraction of sp³-hybridized carbons (Fsp3) is 0.333. The molecule has 0 spiro atoms. The molecule has 0 amide bonds. The van der Waals surface area contributed by atoms with Crippen LogP contribution in [0.3, 0.4) is 0 Å². The van der Waals surface area contributed by atoms with E-state index in [-0.39, 0.29) is 5.78 Å². The summed E-state index contributed by atoms with van der Waals surface area (Å²) in [4.78, 5) is 20.5. The minimum Gasteiger partial charge on any atom is -0.293 e. The molecule has 2 aromatic rings. The van der Waals surface area contributed by atoms with Gasteiger partial charge in [0.05, 0.1) is 17.1 Å². The number of nitrogens with zero attached hydrogens (tertiary/aromatic N) is 2. The molecule has 4 heteroatoms. The second kappa shape index (κ2) is 6.59. The quantitative estimate of drug-likeness (QED) is 0.759. The number of aromatic nitrogens is 1. The molecule has 0 aliphatic heterocycles. The maximum absolute atomic E-state index is 12.1. The van der Waals surface area contributed by atoms with Crippen LogP contribution in [0.4, 0.5) is 0 Å². The first-order valence-electron chi connectivity index (χ1n) is 6.39. The van der Waals surface area contributed by atoms with Crippen LogP contribution in [0.25, 0.3) is 0 Å². The van der Waals surface area contributed by atoms with Gasteiger partial charge in [0, 0.05) is 17.6 Å². The number of rotatable bonds is 6. The van der Waals surface area contributed by atoms with Gasteiger partial charge in [-0.1, -0.05) is 13.0 Å². The third-order valence-electron chi connectivity index (χ3n) is 2.86. The minimum absolute atomic E-state index is 0.183. The molecular weight excluding hydrogens is 256 g/mol. The maximum Gasteiger partial charge on any atom is 0.186 e. The minimum atomic E-state index is 0.183. The Hall–Kier alpha value is -1.52. The van der Waals surface area contributed by atoms with E-state index in [1.165, 1.54) is 4.88 Å². The molecule has 0 radical (unpaired) electrons. The van der Waals surface area contributed by atoms with Crippen molar-refractivity contribution < 1.29 is 4.79 Å². The summed E-state index contributed by atoms with van der Waals surface area (Å²) in [7, 11) is 1.95. The lowest BCUT2D eigenvalue weighted by Gasteiger charge is -2.14. The van der Waals surface area contributed by atoms with Crippen molar-refractivity contribution in [2.24, 2.45) is 0 Å². The van der Waals surface area contributed by atoms with Gasteiger partial charge in [0.2, 0.25) is 0 Å². The molecule has 3 nitrogen and oxygen atoms in total. The highest BCUT2D eigenvalue weighted by molar-refractivity contribution is 7.14.